The van der Waals surface area contributed by atoms with Gasteiger partial charge in [0.25, 0.3) is 0 Å². The molecule has 0 aliphatic heterocycles. The maximum Gasteiger partial charge on any atom is 0.159 e. The molecule has 0 N–H and O–H groups in total. The van der Waals surface area contributed by atoms with Gasteiger partial charge in [-0.1, -0.05) is 96.8 Å². The summed E-state index contributed by atoms with van der Waals surface area (Å²) in [7, 11) is 0. The van der Waals surface area contributed by atoms with Crippen LogP contribution in [0.4, 0.5) is 0 Å². The van der Waals surface area contributed by atoms with Crippen molar-refractivity contribution in [3.8, 4) is 17.1 Å². The van der Waals surface area contributed by atoms with Crippen molar-refractivity contribution >= 4 is 0 Å². The number of hydrogen-bond donors (Lipinski definition) is 0. The molecule has 3 heteroatoms. The monoisotopic (exact) mass is 450 g/mol. The predicted octanol–water partition coefficient (Wildman–Crippen LogP) is 8.96. The Morgan fingerprint density at radius 1 is 0.758 bits per heavy atom. The number of nitrogens with zero attached hydrogens (tertiary/aromatic N) is 2. The maximum absolute atomic E-state index is 5.95. The van der Waals surface area contributed by atoms with E-state index in [1.807, 2.05) is 24.5 Å². The lowest BCUT2D eigenvalue weighted by Gasteiger charge is -2.21. The molecule has 1 fully saturated rings. The molecule has 0 bridgehead atoms. The Labute approximate surface area is 202 Å². The van der Waals surface area contributed by atoms with Gasteiger partial charge in [0, 0.05) is 18.0 Å². The second-order valence-corrected chi connectivity index (χ2v) is 10.0. The zero-order valence-corrected chi connectivity index (χ0v) is 21.1. The van der Waals surface area contributed by atoms with Crippen LogP contribution in [0, 0.1) is 5.92 Å². The van der Waals surface area contributed by atoms with Crippen LogP contribution in [0.25, 0.3) is 11.4 Å². The number of aromatic nitrogens is 2. The number of ether oxygens (including phenoxy) is 1. The van der Waals surface area contributed by atoms with Crippen molar-refractivity contribution in [1.82, 2.24) is 9.97 Å². The molecule has 1 aromatic carbocycles. The minimum absolute atomic E-state index is 0.797. The van der Waals surface area contributed by atoms with E-state index in [-0.39, 0.29) is 0 Å². The van der Waals surface area contributed by atoms with Crippen LogP contribution in [0.2, 0.25) is 0 Å². The number of benzene rings is 1. The van der Waals surface area contributed by atoms with Gasteiger partial charge in [-0.3, -0.25) is 0 Å². The Morgan fingerprint density at radius 2 is 1.42 bits per heavy atom. The summed E-state index contributed by atoms with van der Waals surface area (Å²) in [4.78, 5) is 9.19. The van der Waals surface area contributed by atoms with E-state index in [1.165, 1.54) is 102 Å². The fourth-order valence-electron chi connectivity index (χ4n) is 5.00. The van der Waals surface area contributed by atoms with Crippen molar-refractivity contribution in [2.45, 2.75) is 116 Å². The van der Waals surface area contributed by atoms with E-state index in [9.17, 15) is 0 Å². The van der Waals surface area contributed by atoms with E-state index in [2.05, 4.69) is 29.0 Å². The molecule has 33 heavy (non-hydrogen) atoms. The van der Waals surface area contributed by atoms with Gasteiger partial charge in [0.1, 0.15) is 5.75 Å². The summed E-state index contributed by atoms with van der Waals surface area (Å²) in [5.41, 5.74) is 2.30. The number of hydrogen-bond acceptors (Lipinski definition) is 3. The second kappa shape index (κ2) is 15.9. The van der Waals surface area contributed by atoms with E-state index < -0.39 is 0 Å². The average Bonchev–Trinajstić information content (AvgIpc) is 2.87. The van der Waals surface area contributed by atoms with Gasteiger partial charge >= 0.3 is 0 Å². The van der Waals surface area contributed by atoms with Crippen LogP contribution >= 0.6 is 0 Å². The standard InChI is InChI=1S/C30H46N2O/c1-2-3-4-5-6-11-18-27-24-31-30(32-25-27)28-19-21-29(22-20-28)33-23-14-8-7-10-15-26-16-12-9-13-17-26/h19-22,24-26H,2-18,23H2,1H3. The Morgan fingerprint density at radius 3 is 2.18 bits per heavy atom. The van der Waals surface area contributed by atoms with Crippen LogP contribution in [-0.2, 0) is 6.42 Å². The van der Waals surface area contributed by atoms with Crippen LogP contribution in [0.15, 0.2) is 36.7 Å². The molecule has 182 valence electrons. The molecule has 1 aromatic heterocycles. The fraction of sp³-hybridized carbons (Fsp3) is 0.667. The molecule has 1 aliphatic carbocycles. The third-order valence-corrected chi connectivity index (χ3v) is 7.14. The lowest BCUT2D eigenvalue weighted by molar-refractivity contribution is 0.298. The summed E-state index contributed by atoms with van der Waals surface area (Å²) >= 11 is 0. The van der Waals surface area contributed by atoms with Crippen LogP contribution in [-0.4, -0.2) is 16.6 Å². The summed E-state index contributed by atoms with van der Waals surface area (Å²) in [5.74, 6) is 2.76. The summed E-state index contributed by atoms with van der Waals surface area (Å²) in [5, 5.41) is 0. The Kier molecular flexibility index (Phi) is 12.4. The van der Waals surface area contributed by atoms with E-state index in [0.29, 0.717) is 0 Å². The highest BCUT2D eigenvalue weighted by atomic mass is 16.5. The number of rotatable bonds is 16. The van der Waals surface area contributed by atoms with E-state index >= 15 is 0 Å². The molecule has 1 aliphatic rings. The van der Waals surface area contributed by atoms with Gasteiger partial charge in [-0.15, -0.1) is 0 Å². The van der Waals surface area contributed by atoms with Crippen molar-refractivity contribution in [3.05, 3.63) is 42.2 Å². The van der Waals surface area contributed by atoms with Gasteiger partial charge in [0.2, 0.25) is 0 Å². The second-order valence-electron chi connectivity index (χ2n) is 10.0. The van der Waals surface area contributed by atoms with Gasteiger partial charge < -0.3 is 4.74 Å². The normalized spacial score (nSPS) is 14.5. The predicted molar refractivity (Wildman–Crippen MR) is 140 cm³/mol. The quantitative estimate of drug-likeness (QED) is 0.239. The molecule has 1 saturated carbocycles. The molecule has 0 radical (unpaired) electrons. The van der Waals surface area contributed by atoms with Gasteiger partial charge in [-0.25, -0.2) is 9.97 Å². The van der Waals surface area contributed by atoms with Crippen molar-refractivity contribution in [2.24, 2.45) is 5.92 Å². The first kappa shape index (κ1) is 25.7. The number of aryl methyl sites for hydroxylation is 1. The molecule has 0 unspecified atom stereocenters. The highest BCUT2D eigenvalue weighted by Gasteiger charge is 2.12. The molecule has 0 atom stereocenters. The van der Waals surface area contributed by atoms with Gasteiger partial charge in [0.05, 0.1) is 6.61 Å². The zero-order valence-electron chi connectivity index (χ0n) is 21.1. The first-order valence-electron chi connectivity index (χ1n) is 13.9. The van der Waals surface area contributed by atoms with E-state index in [1.54, 1.807) is 0 Å². The maximum atomic E-state index is 5.95. The molecule has 0 amide bonds. The highest BCUT2D eigenvalue weighted by molar-refractivity contribution is 5.55. The molecule has 1 heterocycles. The summed E-state index contributed by atoms with van der Waals surface area (Å²) in [6.07, 6.45) is 27.0. The van der Waals surface area contributed by atoms with Crippen LogP contribution in [0.3, 0.4) is 0 Å². The minimum Gasteiger partial charge on any atom is -0.494 e. The zero-order chi connectivity index (χ0) is 23.0. The lowest BCUT2D eigenvalue weighted by atomic mass is 9.85. The van der Waals surface area contributed by atoms with E-state index in [0.717, 1.165) is 42.5 Å². The Hall–Kier alpha value is -1.90. The van der Waals surface area contributed by atoms with Gasteiger partial charge in [0.15, 0.2) is 5.82 Å². The summed E-state index contributed by atoms with van der Waals surface area (Å²) in [6.45, 7) is 3.08. The average molecular weight is 451 g/mol. The highest BCUT2D eigenvalue weighted by Crippen LogP contribution is 2.28. The Balaban J connectivity index is 1.27. The molecular formula is C30H46N2O. The molecule has 3 nitrogen and oxygen atoms in total. The summed E-state index contributed by atoms with van der Waals surface area (Å²) < 4.78 is 5.95. The van der Waals surface area contributed by atoms with E-state index in [4.69, 9.17) is 4.74 Å². The summed E-state index contributed by atoms with van der Waals surface area (Å²) in [6, 6.07) is 8.24. The smallest absolute Gasteiger partial charge is 0.159 e. The fourth-order valence-corrected chi connectivity index (χ4v) is 5.00. The van der Waals surface area contributed by atoms with Crippen molar-refractivity contribution < 1.29 is 4.74 Å². The minimum atomic E-state index is 0.797. The SMILES string of the molecule is CCCCCCCCc1cnc(-c2ccc(OCCCCCCC3CCCCC3)cc2)nc1. The largest absolute Gasteiger partial charge is 0.494 e. The van der Waals surface area contributed by atoms with Crippen LogP contribution in [0.5, 0.6) is 5.75 Å². The molecule has 3 rings (SSSR count). The number of unbranched alkanes of at least 4 members (excludes halogenated alkanes) is 8. The van der Waals surface area contributed by atoms with Gasteiger partial charge in [-0.2, -0.15) is 0 Å². The van der Waals surface area contributed by atoms with Crippen LogP contribution < -0.4 is 4.74 Å². The molecular weight excluding hydrogens is 404 g/mol. The molecule has 0 spiro atoms. The Bertz CT molecular complexity index is 735. The first-order valence-corrected chi connectivity index (χ1v) is 13.9. The third-order valence-electron chi connectivity index (χ3n) is 7.14. The third kappa shape index (κ3) is 10.3. The molecule has 0 saturated heterocycles. The van der Waals surface area contributed by atoms with Crippen LogP contribution in [0.1, 0.15) is 115 Å². The van der Waals surface area contributed by atoms with Gasteiger partial charge in [-0.05, 0) is 55.0 Å². The topological polar surface area (TPSA) is 35.0 Å². The van der Waals surface area contributed by atoms with Crippen molar-refractivity contribution in [3.63, 3.8) is 0 Å². The molecule has 2 aromatic rings. The van der Waals surface area contributed by atoms with Crippen molar-refractivity contribution in [2.75, 3.05) is 6.61 Å². The lowest BCUT2D eigenvalue weighted by Crippen LogP contribution is -2.05. The van der Waals surface area contributed by atoms with Crippen molar-refractivity contribution in [1.29, 1.82) is 0 Å². The first-order chi connectivity index (χ1) is 16.3.